The van der Waals surface area contributed by atoms with Gasteiger partial charge >= 0.3 is 0 Å². The van der Waals surface area contributed by atoms with Gasteiger partial charge in [-0.3, -0.25) is 0 Å². The van der Waals surface area contributed by atoms with Gasteiger partial charge in [0.25, 0.3) is 0 Å². The van der Waals surface area contributed by atoms with Crippen molar-refractivity contribution in [2.45, 2.75) is 0 Å². The molecule has 0 fully saturated rings. The number of hydrogen-bond acceptors (Lipinski definition) is 0. The zero-order chi connectivity index (χ0) is 38.4. The summed E-state index contributed by atoms with van der Waals surface area (Å²) in [6.45, 7) is 0. The summed E-state index contributed by atoms with van der Waals surface area (Å²) in [6, 6.07) is 84.6. The van der Waals surface area contributed by atoms with Crippen LogP contribution in [-0.4, -0.2) is 0 Å². The summed E-state index contributed by atoms with van der Waals surface area (Å²) in [7, 11) is 0. The lowest BCUT2D eigenvalue weighted by Gasteiger charge is -2.19. The zero-order valence-electron chi connectivity index (χ0n) is 31.9. The van der Waals surface area contributed by atoms with E-state index in [1.807, 2.05) is 0 Å². The molecule has 0 saturated carbocycles. The van der Waals surface area contributed by atoms with Crippen molar-refractivity contribution in [2.24, 2.45) is 0 Å². The largest absolute Gasteiger partial charge is 0.0622 e. The van der Waals surface area contributed by atoms with E-state index in [-0.39, 0.29) is 0 Å². The van der Waals surface area contributed by atoms with Crippen molar-refractivity contribution < 1.29 is 0 Å². The Bertz CT molecular complexity index is 3240. The molecule has 0 saturated heterocycles. The Morgan fingerprint density at radius 1 is 0.172 bits per heavy atom. The number of fused-ring (bicyclic) bond motifs is 4. The third-order valence-corrected chi connectivity index (χ3v) is 11.9. The third-order valence-electron chi connectivity index (χ3n) is 11.9. The van der Waals surface area contributed by atoms with Crippen LogP contribution in [0.1, 0.15) is 0 Å². The first kappa shape index (κ1) is 33.8. The average Bonchev–Trinajstić information content (AvgIpc) is 3.30. The quantitative estimate of drug-likeness (QED) is 0.149. The molecule has 0 N–H and O–H groups in total. The summed E-state index contributed by atoms with van der Waals surface area (Å²) < 4.78 is 0. The predicted octanol–water partition coefficient (Wildman–Crippen LogP) is 16.3. The van der Waals surface area contributed by atoms with E-state index in [1.54, 1.807) is 0 Å². The van der Waals surface area contributed by atoms with Crippen LogP contribution in [0.25, 0.3) is 110 Å². The Balaban J connectivity index is 1.13. The first-order valence-corrected chi connectivity index (χ1v) is 20.1. The van der Waals surface area contributed by atoms with E-state index in [0.29, 0.717) is 0 Å². The summed E-state index contributed by atoms with van der Waals surface area (Å²) in [5.74, 6) is 0. The van der Waals surface area contributed by atoms with Crippen molar-refractivity contribution in [3.63, 3.8) is 0 Å². The minimum atomic E-state index is 1.20. The van der Waals surface area contributed by atoms with Gasteiger partial charge in [0.1, 0.15) is 0 Å². The maximum Gasteiger partial charge on any atom is -0.00261 e. The van der Waals surface area contributed by atoms with E-state index in [9.17, 15) is 0 Å². The number of benzene rings is 11. The van der Waals surface area contributed by atoms with Crippen LogP contribution < -0.4 is 0 Å². The van der Waals surface area contributed by atoms with Crippen LogP contribution in [0.15, 0.2) is 231 Å². The normalized spacial score (nSPS) is 11.4. The Kier molecular flexibility index (Phi) is 8.26. The summed E-state index contributed by atoms with van der Waals surface area (Å²) in [6.07, 6.45) is 0. The maximum atomic E-state index is 2.45. The summed E-state index contributed by atoms with van der Waals surface area (Å²) in [5.41, 5.74) is 14.7. The predicted molar refractivity (Wildman–Crippen MR) is 249 cm³/mol. The SMILES string of the molecule is c1ccc(-c2ccc(-c3cccc(-c4ccc(-c5ccc6ccccc6c5)c5ccc(-c6c7ccccc7c(-c7ccccc7)c7ccccc67)cc45)c3)cc2)cc1. The van der Waals surface area contributed by atoms with Crippen LogP contribution in [0.2, 0.25) is 0 Å². The molecule has 0 heteroatoms. The molecule has 0 amide bonds. The molecule has 0 radical (unpaired) electrons. The van der Waals surface area contributed by atoms with Crippen LogP contribution in [0.3, 0.4) is 0 Å². The second-order valence-corrected chi connectivity index (χ2v) is 15.2. The maximum absolute atomic E-state index is 2.45. The number of hydrogen-bond donors (Lipinski definition) is 0. The highest BCUT2D eigenvalue weighted by atomic mass is 14.2. The van der Waals surface area contributed by atoms with Gasteiger partial charge in [-0.2, -0.15) is 0 Å². The van der Waals surface area contributed by atoms with Crippen molar-refractivity contribution >= 4 is 43.1 Å². The summed E-state index contributed by atoms with van der Waals surface area (Å²) in [4.78, 5) is 0. The van der Waals surface area contributed by atoms with E-state index < -0.39 is 0 Å². The molecule has 0 atom stereocenters. The van der Waals surface area contributed by atoms with E-state index >= 15 is 0 Å². The van der Waals surface area contributed by atoms with Crippen molar-refractivity contribution in [1.82, 2.24) is 0 Å². The molecule has 270 valence electrons. The second-order valence-electron chi connectivity index (χ2n) is 15.2. The monoisotopic (exact) mass is 734 g/mol. The highest BCUT2D eigenvalue weighted by Crippen LogP contribution is 2.46. The Morgan fingerprint density at radius 3 is 1.26 bits per heavy atom. The fourth-order valence-electron chi connectivity index (χ4n) is 9.07. The van der Waals surface area contributed by atoms with Gasteiger partial charge in [0, 0.05) is 0 Å². The molecule has 0 aliphatic carbocycles. The standard InChI is InChI=1S/C58H38/c1-3-14-39(15-4-1)41-26-28-42(29-27-41)45-20-13-21-46(36-45)50-35-34-49(47-31-30-40-16-7-8-19-44(40)37-47)51-33-32-48(38-56(50)51)58-54-24-11-9-22-52(54)57(43-17-5-2-6-18-43)53-23-10-12-25-55(53)58/h1-38H. The van der Waals surface area contributed by atoms with Crippen LogP contribution in [-0.2, 0) is 0 Å². The van der Waals surface area contributed by atoms with Gasteiger partial charge in [-0.15, -0.1) is 0 Å². The minimum absolute atomic E-state index is 1.20. The lowest BCUT2D eigenvalue weighted by Crippen LogP contribution is -1.92. The van der Waals surface area contributed by atoms with Crippen LogP contribution in [0.4, 0.5) is 0 Å². The molecule has 0 aromatic heterocycles. The lowest BCUT2D eigenvalue weighted by molar-refractivity contribution is 1.58. The second kappa shape index (κ2) is 14.2. The molecular formula is C58H38. The van der Waals surface area contributed by atoms with Gasteiger partial charge in [0.05, 0.1) is 0 Å². The lowest BCUT2D eigenvalue weighted by atomic mass is 9.84. The van der Waals surface area contributed by atoms with Gasteiger partial charge in [-0.05, 0) is 128 Å². The van der Waals surface area contributed by atoms with Crippen molar-refractivity contribution in [2.75, 3.05) is 0 Å². The number of rotatable bonds is 6. The van der Waals surface area contributed by atoms with Crippen LogP contribution in [0.5, 0.6) is 0 Å². The molecule has 0 spiro atoms. The molecule has 11 aromatic rings. The molecule has 11 rings (SSSR count). The third kappa shape index (κ3) is 5.86. The van der Waals surface area contributed by atoms with E-state index in [4.69, 9.17) is 0 Å². The molecule has 11 aromatic carbocycles. The molecule has 58 heavy (non-hydrogen) atoms. The van der Waals surface area contributed by atoms with Gasteiger partial charge in [-0.1, -0.05) is 212 Å². The fraction of sp³-hybridized carbons (Fsp3) is 0. The van der Waals surface area contributed by atoms with Crippen molar-refractivity contribution in [1.29, 1.82) is 0 Å². The Morgan fingerprint density at radius 2 is 0.603 bits per heavy atom. The molecule has 0 nitrogen and oxygen atoms in total. The van der Waals surface area contributed by atoms with Crippen molar-refractivity contribution in [3.05, 3.63) is 231 Å². The summed E-state index contributed by atoms with van der Waals surface area (Å²) >= 11 is 0. The molecular weight excluding hydrogens is 697 g/mol. The minimum Gasteiger partial charge on any atom is -0.0622 e. The Hall–Kier alpha value is -7.54. The van der Waals surface area contributed by atoms with Gasteiger partial charge in [0.2, 0.25) is 0 Å². The highest BCUT2D eigenvalue weighted by molar-refractivity contribution is 6.22. The zero-order valence-corrected chi connectivity index (χ0v) is 31.9. The molecule has 0 bridgehead atoms. The van der Waals surface area contributed by atoms with E-state index in [2.05, 4.69) is 231 Å². The molecule has 0 aliphatic heterocycles. The average molecular weight is 735 g/mol. The van der Waals surface area contributed by atoms with E-state index in [0.717, 1.165) is 0 Å². The van der Waals surface area contributed by atoms with E-state index in [1.165, 1.54) is 110 Å². The molecule has 0 heterocycles. The summed E-state index contributed by atoms with van der Waals surface area (Å²) in [5, 5.41) is 10.0. The highest BCUT2D eigenvalue weighted by Gasteiger charge is 2.18. The van der Waals surface area contributed by atoms with Crippen LogP contribution >= 0.6 is 0 Å². The van der Waals surface area contributed by atoms with Gasteiger partial charge < -0.3 is 0 Å². The Labute approximate surface area is 339 Å². The molecule has 0 aliphatic rings. The fourth-order valence-corrected chi connectivity index (χ4v) is 9.07. The first-order valence-electron chi connectivity index (χ1n) is 20.1. The van der Waals surface area contributed by atoms with Gasteiger partial charge in [0.15, 0.2) is 0 Å². The smallest absolute Gasteiger partial charge is 0.00261 e. The first-order chi connectivity index (χ1) is 28.8. The molecule has 0 unspecified atom stereocenters. The van der Waals surface area contributed by atoms with Crippen molar-refractivity contribution in [3.8, 4) is 66.8 Å². The van der Waals surface area contributed by atoms with Gasteiger partial charge in [-0.25, -0.2) is 0 Å². The van der Waals surface area contributed by atoms with Crippen LogP contribution in [0, 0.1) is 0 Å². The topological polar surface area (TPSA) is 0 Å².